The number of pyridine rings is 1. The van der Waals surface area contributed by atoms with Crippen LogP contribution in [0.5, 0.6) is 11.6 Å². The number of rotatable bonds is 4. The lowest BCUT2D eigenvalue weighted by molar-refractivity contribution is 0.116. The van der Waals surface area contributed by atoms with Gasteiger partial charge in [-0.15, -0.1) is 6.42 Å². The Labute approximate surface area is 228 Å². The van der Waals surface area contributed by atoms with Crippen LogP contribution in [-0.2, 0) is 7.05 Å². The Bertz CT molecular complexity index is 1800. The molecule has 3 fully saturated rings. The molecular formula is C30H27F2N5O3. The number of piperazine rings is 1. The molecule has 7 rings (SSSR count). The number of phenols is 1. The summed E-state index contributed by atoms with van der Waals surface area (Å²) in [7, 11) is 1.45. The van der Waals surface area contributed by atoms with E-state index in [9.17, 15) is 14.3 Å². The van der Waals surface area contributed by atoms with E-state index >= 15 is 4.39 Å². The van der Waals surface area contributed by atoms with Crippen LogP contribution >= 0.6 is 0 Å². The van der Waals surface area contributed by atoms with E-state index in [1.165, 1.54) is 31.3 Å². The van der Waals surface area contributed by atoms with E-state index in [-0.39, 0.29) is 57.5 Å². The zero-order valence-corrected chi connectivity index (χ0v) is 21.9. The van der Waals surface area contributed by atoms with Crippen molar-refractivity contribution < 1.29 is 18.6 Å². The second kappa shape index (κ2) is 9.17. The molecule has 3 aliphatic rings. The van der Waals surface area contributed by atoms with Crippen LogP contribution in [0.1, 0.15) is 37.7 Å². The Morgan fingerprint density at radius 1 is 1.10 bits per heavy atom. The minimum Gasteiger partial charge on any atom is -0.508 e. The van der Waals surface area contributed by atoms with Gasteiger partial charge in [-0.1, -0.05) is 12.0 Å². The third kappa shape index (κ3) is 3.79. The molecule has 1 saturated carbocycles. The fourth-order valence-corrected chi connectivity index (χ4v) is 6.23. The third-order valence-electron chi connectivity index (χ3n) is 8.43. The number of hydrogen-bond donors (Lipinski definition) is 2. The molecule has 4 heterocycles. The number of aryl methyl sites for hydroxylation is 1. The summed E-state index contributed by atoms with van der Waals surface area (Å²) in [5.74, 6) is 1.23. The normalized spacial score (nSPS) is 20.6. The molecule has 2 saturated heterocycles. The molecule has 1 aliphatic carbocycles. The van der Waals surface area contributed by atoms with Crippen LogP contribution in [0, 0.1) is 24.0 Å². The predicted octanol–water partition coefficient (Wildman–Crippen LogP) is 3.99. The number of halogens is 2. The summed E-state index contributed by atoms with van der Waals surface area (Å²) in [4.78, 5) is 24.2. The molecule has 40 heavy (non-hydrogen) atoms. The number of nitrogens with one attached hydrogen (secondary N) is 1. The standard InChI is InChI=1S/C30H27F2N5O3/c1-3-20-22(31)10-7-15-11-18(38)12-21(23(15)20)26-25(32)27-24(29(34-26)40-19-5-4-6-19)28(35-30(39)36(27)2)37-13-16-8-9-17(14-37)33-16/h1,7,10-12,16-17,19,33,38H,4-6,8-9,13-14H2,2H3. The van der Waals surface area contributed by atoms with Crippen LogP contribution in [-0.4, -0.2) is 50.9 Å². The van der Waals surface area contributed by atoms with E-state index in [4.69, 9.17) is 11.2 Å². The predicted molar refractivity (Wildman–Crippen MR) is 148 cm³/mol. The van der Waals surface area contributed by atoms with Gasteiger partial charge in [-0.2, -0.15) is 4.98 Å². The second-order valence-corrected chi connectivity index (χ2v) is 11.0. The molecule has 2 aliphatic heterocycles. The number of benzene rings is 2. The Hall–Kier alpha value is -4.23. The minimum absolute atomic E-state index is 0.0182. The van der Waals surface area contributed by atoms with Crippen molar-refractivity contribution in [1.29, 1.82) is 0 Å². The summed E-state index contributed by atoms with van der Waals surface area (Å²) in [6, 6.07) is 5.92. The molecule has 10 heteroatoms. The second-order valence-electron chi connectivity index (χ2n) is 11.0. The topological polar surface area (TPSA) is 92.5 Å². The summed E-state index contributed by atoms with van der Waals surface area (Å²) < 4.78 is 39.1. The maximum absolute atomic E-state index is 16.8. The van der Waals surface area contributed by atoms with E-state index in [1.54, 1.807) is 0 Å². The molecular weight excluding hydrogens is 516 g/mol. The Morgan fingerprint density at radius 2 is 1.85 bits per heavy atom. The van der Waals surface area contributed by atoms with Crippen LogP contribution in [0.2, 0.25) is 0 Å². The van der Waals surface area contributed by atoms with Crippen molar-refractivity contribution in [2.24, 2.45) is 7.05 Å². The van der Waals surface area contributed by atoms with Gasteiger partial charge < -0.3 is 20.1 Å². The van der Waals surface area contributed by atoms with Crippen molar-refractivity contribution in [2.45, 2.75) is 50.3 Å². The highest BCUT2D eigenvalue weighted by Gasteiger charge is 2.36. The number of nitrogens with zero attached hydrogens (tertiary/aromatic N) is 4. The number of aromatic hydroxyl groups is 1. The largest absolute Gasteiger partial charge is 0.508 e. The fourth-order valence-electron chi connectivity index (χ4n) is 6.23. The van der Waals surface area contributed by atoms with E-state index < -0.39 is 17.3 Å². The Kier molecular flexibility index (Phi) is 5.68. The molecule has 0 spiro atoms. The highest BCUT2D eigenvalue weighted by molar-refractivity contribution is 6.04. The average Bonchev–Trinajstić information content (AvgIpc) is 3.25. The molecule has 4 aromatic rings. The first-order valence-electron chi connectivity index (χ1n) is 13.5. The van der Waals surface area contributed by atoms with Crippen molar-refractivity contribution in [2.75, 3.05) is 18.0 Å². The van der Waals surface area contributed by atoms with E-state index in [0.29, 0.717) is 29.7 Å². The van der Waals surface area contributed by atoms with Gasteiger partial charge in [0.2, 0.25) is 5.88 Å². The number of terminal acetylenes is 1. The molecule has 2 bridgehead atoms. The smallest absolute Gasteiger partial charge is 0.349 e. The van der Waals surface area contributed by atoms with Gasteiger partial charge in [-0.05, 0) is 55.7 Å². The van der Waals surface area contributed by atoms with Gasteiger partial charge >= 0.3 is 5.69 Å². The Morgan fingerprint density at radius 3 is 2.52 bits per heavy atom. The zero-order valence-electron chi connectivity index (χ0n) is 21.9. The molecule has 2 N–H and O–H groups in total. The lowest BCUT2D eigenvalue weighted by Gasteiger charge is -2.35. The molecule has 0 radical (unpaired) electrons. The van der Waals surface area contributed by atoms with Crippen molar-refractivity contribution in [3.63, 3.8) is 0 Å². The van der Waals surface area contributed by atoms with E-state index in [2.05, 4.69) is 21.2 Å². The van der Waals surface area contributed by atoms with Gasteiger partial charge in [-0.25, -0.2) is 18.6 Å². The van der Waals surface area contributed by atoms with Gasteiger partial charge in [0.15, 0.2) is 5.82 Å². The van der Waals surface area contributed by atoms with Crippen molar-refractivity contribution >= 4 is 27.5 Å². The molecule has 0 amide bonds. The van der Waals surface area contributed by atoms with Crippen LogP contribution in [0.4, 0.5) is 14.6 Å². The van der Waals surface area contributed by atoms with Crippen molar-refractivity contribution in [3.8, 4) is 35.2 Å². The van der Waals surface area contributed by atoms with Crippen LogP contribution in [0.15, 0.2) is 29.1 Å². The molecule has 2 aromatic carbocycles. The van der Waals surface area contributed by atoms with Gasteiger partial charge in [-0.3, -0.25) is 4.57 Å². The van der Waals surface area contributed by atoms with Crippen LogP contribution in [0.25, 0.3) is 32.9 Å². The first-order valence-corrected chi connectivity index (χ1v) is 13.5. The first-order chi connectivity index (χ1) is 19.3. The van der Waals surface area contributed by atoms with E-state index in [0.717, 1.165) is 36.7 Å². The van der Waals surface area contributed by atoms with Crippen molar-refractivity contribution in [1.82, 2.24) is 19.9 Å². The first kappa shape index (κ1) is 24.8. The molecule has 2 atom stereocenters. The lowest BCUT2D eigenvalue weighted by atomic mass is 9.95. The van der Waals surface area contributed by atoms with Gasteiger partial charge in [0.05, 0.1) is 11.1 Å². The molecule has 2 unspecified atom stereocenters. The summed E-state index contributed by atoms with van der Waals surface area (Å²) in [6.07, 6.45) is 10.2. The van der Waals surface area contributed by atoms with Gasteiger partial charge in [0, 0.05) is 43.2 Å². The third-order valence-corrected chi connectivity index (χ3v) is 8.43. The highest BCUT2D eigenvalue weighted by atomic mass is 19.1. The highest BCUT2D eigenvalue weighted by Crippen LogP contribution is 2.42. The fraction of sp³-hybridized carbons (Fsp3) is 0.367. The summed E-state index contributed by atoms with van der Waals surface area (Å²) in [5.41, 5.74) is -0.801. The van der Waals surface area contributed by atoms with E-state index in [1.807, 2.05) is 4.90 Å². The zero-order chi connectivity index (χ0) is 27.7. The Balaban J connectivity index is 1.55. The SMILES string of the molecule is C#Cc1c(F)ccc2cc(O)cc(-c3nc(OC4CCC4)c4c(N5CC6CCC(C5)N6)nc(=O)n(C)c4c3F)c12. The summed E-state index contributed by atoms with van der Waals surface area (Å²) in [6.45, 7) is 1.25. The number of phenolic OH excluding ortho intramolecular Hbond substituents is 1. The minimum atomic E-state index is -0.809. The van der Waals surface area contributed by atoms with Gasteiger partial charge in [0.1, 0.15) is 34.6 Å². The quantitative estimate of drug-likeness (QED) is 0.376. The van der Waals surface area contributed by atoms with Crippen LogP contribution < -0.4 is 20.6 Å². The maximum atomic E-state index is 16.8. The van der Waals surface area contributed by atoms with Crippen LogP contribution in [0.3, 0.4) is 0 Å². The average molecular weight is 544 g/mol. The molecule has 2 aromatic heterocycles. The summed E-state index contributed by atoms with van der Waals surface area (Å²) in [5, 5.41) is 15.1. The van der Waals surface area contributed by atoms with Gasteiger partial charge in [0.25, 0.3) is 0 Å². The van der Waals surface area contributed by atoms with Crippen molar-refractivity contribution in [3.05, 3.63) is 51.9 Å². The molecule has 204 valence electrons. The molecule has 8 nitrogen and oxygen atoms in total. The summed E-state index contributed by atoms with van der Waals surface area (Å²) >= 11 is 0. The number of fused-ring (bicyclic) bond motifs is 4. The maximum Gasteiger partial charge on any atom is 0.349 e. The monoisotopic (exact) mass is 543 g/mol. The number of hydrogen-bond acceptors (Lipinski definition) is 7. The number of aromatic nitrogens is 3. The lowest BCUT2D eigenvalue weighted by Crippen LogP contribution is -2.52. The number of anilines is 1. The number of ether oxygens (including phenoxy) is 1.